The summed E-state index contributed by atoms with van der Waals surface area (Å²) in [7, 11) is 0. The van der Waals surface area contributed by atoms with Crippen molar-refractivity contribution in [1.29, 1.82) is 0 Å². The summed E-state index contributed by atoms with van der Waals surface area (Å²) in [4.78, 5) is 12.6. The summed E-state index contributed by atoms with van der Waals surface area (Å²) < 4.78 is 31.7. The van der Waals surface area contributed by atoms with Crippen LogP contribution in [0.3, 0.4) is 0 Å². The number of hydrogen-bond donors (Lipinski definition) is 2. The van der Waals surface area contributed by atoms with Crippen molar-refractivity contribution >= 4 is 5.91 Å². The maximum Gasteiger partial charge on any atom is 0.387 e. The van der Waals surface area contributed by atoms with E-state index in [1.807, 2.05) is 11.6 Å². The molecule has 0 radical (unpaired) electrons. The van der Waals surface area contributed by atoms with E-state index in [9.17, 15) is 13.6 Å². The molecule has 27 heavy (non-hydrogen) atoms. The quantitative estimate of drug-likeness (QED) is 0.776. The molecule has 0 bridgehead atoms. The SMILES string of the molecule is CCC(NC(=O)c1ccn(C2CCCNC2)n1)c1ccccc1OC(F)F. The highest BCUT2D eigenvalue weighted by atomic mass is 19.3. The Labute approximate surface area is 156 Å². The number of carbonyl (C=O) groups excluding carboxylic acids is 1. The van der Waals surface area contributed by atoms with E-state index in [0.717, 1.165) is 25.9 Å². The van der Waals surface area contributed by atoms with E-state index < -0.39 is 12.7 Å². The summed E-state index contributed by atoms with van der Waals surface area (Å²) >= 11 is 0. The molecular weight excluding hydrogens is 354 g/mol. The molecule has 1 aliphatic rings. The van der Waals surface area contributed by atoms with Crippen molar-refractivity contribution in [3.05, 3.63) is 47.8 Å². The fraction of sp³-hybridized carbons (Fsp3) is 0.474. The average Bonchev–Trinajstić information content (AvgIpc) is 3.17. The zero-order valence-corrected chi connectivity index (χ0v) is 15.2. The van der Waals surface area contributed by atoms with Crippen LogP contribution in [0.4, 0.5) is 8.78 Å². The van der Waals surface area contributed by atoms with Crippen molar-refractivity contribution in [1.82, 2.24) is 20.4 Å². The lowest BCUT2D eigenvalue weighted by atomic mass is 10.0. The Hall–Kier alpha value is -2.48. The number of nitrogens with zero attached hydrogens (tertiary/aromatic N) is 2. The van der Waals surface area contributed by atoms with Gasteiger partial charge in [-0.15, -0.1) is 0 Å². The summed E-state index contributed by atoms with van der Waals surface area (Å²) in [6.07, 6.45) is 4.43. The third-order valence-corrected chi connectivity index (χ3v) is 4.71. The number of hydrogen-bond acceptors (Lipinski definition) is 4. The van der Waals surface area contributed by atoms with Crippen LogP contribution >= 0.6 is 0 Å². The number of rotatable bonds is 7. The number of halogens is 2. The van der Waals surface area contributed by atoms with Gasteiger partial charge in [0.05, 0.1) is 12.1 Å². The van der Waals surface area contributed by atoms with Gasteiger partial charge in [-0.25, -0.2) is 0 Å². The molecule has 2 unspecified atom stereocenters. The summed E-state index contributed by atoms with van der Waals surface area (Å²) in [5.41, 5.74) is 0.829. The summed E-state index contributed by atoms with van der Waals surface area (Å²) in [6, 6.07) is 7.97. The van der Waals surface area contributed by atoms with Gasteiger partial charge in [0.25, 0.3) is 5.91 Å². The van der Waals surface area contributed by atoms with E-state index in [4.69, 9.17) is 0 Å². The minimum Gasteiger partial charge on any atom is -0.434 e. The van der Waals surface area contributed by atoms with Crippen molar-refractivity contribution in [2.45, 2.75) is 44.9 Å². The van der Waals surface area contributed by atoms with Gasteiger partial charge in [-0.2, -0.15) is 13.9 Å². The Morgan fingerprint density at radius 1 is 1.41 bits per heavy atom. The van der Waals surface area contributed by atoms with E-state index in [-0.39, 0.29) is 17.7 Å². The fourth-order valence-corrected chi connectivity index (χ4v) is 3.33. The standard InChI is InChI=1S/C19H24F2N4O2/c1-2-15(14-7-3-4-8-17(14)27-19(20)21)23-18(26)16-9-11-25(24-16)13-6-5-10-22-12-13/h3-4,7-9,11,13,15,19,22H,2,5-6,10,12H2,1H3,(H,23,26). The first-order chi connectivity index (χ1) is 13.1. The van der Waals surface area contributed by atoms with Crippen LogP contribution in [0.25, 0.3) is 0 Å². The number of piperidine rings is 1. The monoisotopic (exact) mass is 378 g/mol. The van der Waals surface area contributed by atoms with Crippen molar-refractivity contribution < 1.29 is 18.3 Å². The fourth-order valence-electron chi connectivity index (χ4n) is 3.33. The molecule has 2 heterocycles. The maximum atomic E-state index is 12.6. The molecule has 1 aromatic carbocycles. The number of carbonyl (C=O) groups is 1. The molecule has 1 saturated heterocycles. The van der Waals surface area contributed by atoms with Gasteiger partial charge < -0.3 is 15.4 Å². The van der Waals surface area contributed by atoms with E-state index in [1.165, 1.54) is 6.07 Å². The van der Waals surface area contributed by atoms with Gasteiger partial charge in [-0.1, -0.05) is 25.1 Å². The van der Waals surface area contributed by atoms with Gasteiger partial charge in [0.1, 0.15) is 11.4 Å². The van der Waals surface area contributed by atoms with E-state index in [2.05, 4.69) is 20.5 Å². The summed E-state index contributed by atoms with van der Waals surface area (Å²) in [5, 5.41) is 10.6. The van der Waals surface area contributed by atoms with Crippen LogP contribution in [0.5, 0.6) is 5.75 Å². The highest BCUT2D eigenvalue weighted by Gasteiger charge is 2.22. The molecule has 2 N–H and O–H groups in total. The van der Waals surface area contributed by atoms with Crippen molar-refractivity contribution in [2.24, 2.45) is 0 Å². The lowest BCUT2D eigenvalue weighted by molar-refractivity contribution is -0.0506. The maximum absolute atomic E-state index is 12.6. The predicted molar refractivity (Wildman–Crippen MR) is 96.9 cm³/mol. The Kier molecular flexibility index (Phi) is 6.39. The molecule has 1 fully saturated rings. The van der Waals surface area contributed by atoms with Crippen molar-refractivity contribution in [2.75, 3.05) is 13.1 Å². The molecule has 0 saturated carbocycles. The lowest BCUT2D eigenvalue weighted by Gasteiger charge is -2.23. The predicted octanol–water partition coefficient (Wildman–Crippen LogP) is 3.29. The van der Waals surface area contributed by atoms with Crippen LogP contribution in [0.2, 0.25) is 0 Å². The van der Waals surface area contributed by atoms with E-state index in [1.54, 1.807) is 30.5 Å². The largest absolute Gasteiger partial charge is 0.434 e. The van der Waals surface area contributed by atoms with Crippen LogP contribution in [-0.2, 0) is 0 Å². The number of ether oxygens (including phenoxy) is 1. The van der Waals surface area contributed by atoms with Gasteiger partial charge in [0, 0.05) is 18.3 Å². The topological polar surface area (TPSA) is 68.2 Å². The molecule has 0 spiro atoms. The van der Waals surface area contributed by atoms with Gasteiger partial charge in [0.15, 0.2) is 0 Å². The van der Waals surface area contributed by atoms with E-state index in [0.29, 0.717) is 17.7 Å². The van der Waals surface area contributed by atoms with Crippen LogP contribution in [0.1, 0.15) is 54.3 Å². The first-order valence-electron chi connectivity index (χ1n) is 9.19. The number of benzene rings is 1. The second-order valence-corrected chi connectivity index (χ2v) is 6.53. The summed E-state index contributed by atoms with van der Waals surface area (Å²) in [5.74, 6) is -0.269. The molecule has 6 nitrogen and oxygen atoms in total. The number of amides is 1. The van der Waals surface area contributed by atoms with Crippen LogP contribution in [0.15, 0.2) is 36.5 Å². The normalized spacial score (nSPS) is 18.3. The van der Waals surface area contributed by atoms with Crippen LogP contribution < -0.4 is 15.4 Å². The first kappa shape index (κ1) is 19.3. The van der Waals surface area contributed by atoms with E-state index >= 15 is 0 Å². The van der Waals surface area contributed by atoms with Crippen molar-refractivity contribution in [3.63, 3.8) is 0 Å². The molecule has 1 aromatic heterocycles. The van der Waals surface area contributed by atoms with Gasteiger partial charge in [-0.3, -0.25) is 9.48 Å². The van der Waals surface area contributed by atoms with Crippen molar-refractivity contribution in [3.8, 4) is 5.75 Å². The molecule has 8 heteroatoms. The summed E-state index contributed by atoms with van der Waals surface area (Å²) in [6.45, 7) is 0.789. The third kappa shape index (κ3) is 4.82. The Morgan fingerprint density at radius 3 is 2.93 bits per heavy atom. The number of alkyl halides is 2. The molecule has 1 amide bonds. The average molecular weight is 378 g/mol. The third-order valence-electron chi connectivity index (χ3n) is 4.71. The van der Waals surface area contributed by atoms with Gasteiger partial charge >= 0.3 is 6.61 Å². The smallest absolute Gasteiger partial charge is 0.387 e. The highest BCUT2D eigenvalue weighted by molar-refractivity contribution is 5.92. The zero-order chi connectivity index (χ0) is 19.2. The molecule has 3 rings (SSSR count). The zero-order valence-electron chi connectivity index (χ0n) is 15.2. The minimum absolute atomic E-state index is 0.0680. The minimum atomic E-state index is -2.92. The lowest BCUT2D eigenvalue weighted by Crippen LogP contribution is -2.32. The number of aromatic nitrogens is 2. The molecule has 0 aliphatic carbocycles. The first-order valence-corrected chi connectivity index (χ1v) is 9.19. The second-order valence-electron chi connectivity index (χ2n) is 6.53. The molecule has 2 aromatic rings. The highest BCUT2D eigenvalue weighted by Crippen LogP contribution is 2.28. The van der Waals surface area contributed by atoms with Crippen LogP contribution in [-0.4, -0.2) is 35.4 Å². The van der Waals surface area contributed by atoms with Gasteiger partial charge in [-0.05, 0) is 37.9 Å². The Bertz CT molecular complexity index is 760. The second kappa shape index (κ2) is 8.94. The number of para-hydroxylation sites is 1. The molecule has 146 valence electrons. The van der Waals surface area contributed by atoms with Gasteiger partial charge in [0.2, 0.25) is 0 Å². The Balaban J connectivity index is 1.71. The molecule has 2 atom stereocenters. The number of nitrogens with one attached hydrogen (secondary N) is 2. The molecular formula is C19H24F2N4O2. The molecule has 1 aliphatic heterocycles. The Morgan fingerprint density at radius 2 is 2.22 bits per heavy atom. The van der Waals surface area contributed by atoms with Crippen LogP contribution in [0, 0.1) is 0 Å².